The Morgan fingerprint density at radius 2 is 2.18 bits per heavy atom. The highest BCUT2D eigenvalue weighted by Crippen LogP contribution is 2.17. The first-order valence-corrected chi connectivity index (χ1v) is 5.34. The van der Waals surface area contributed by atoms with Crippen LogP contribution in [0.3, 0.4) is 0 Å². The monoisotopic (exact) mass is 239 g/mol. The van der Waals surface area contributed by atoms with E-state index in [1.165, 1.54) is 6.07 Å². The molecule has 4 heteroatoms. The van der Waals surface area contributed by atoms with Gasteiger partial charge in [0.1, 0.15) is 11.6 Å². The van der Waals surface area contributed by atoms with E-state index in [0.717, 1.165) is 12.1 Å². The van der Waals surface area contributed by atoms with Crippen LogP contribution in [-0.4, -0.2) is 17.7 Å². The normalized spacial score (nSPS) is 14.1. The maximum absolute atomic E-state index is 13.3. The van der Waals surface area contributed by atoms with E-state index < -0.39 is 17.7 Å². The Labute approximate surface area is 99.7 Å². The number of nitrogens with one attached hydrogen (secondary N) is 1. The molecule has 92 valence electrons. The topological polar surface area (TPSA) is 32.3 Å². The van der Waals surface area contributed by atoms with Crippen molar-refractivity contribution in [1.82, 2.24) is 5.32 Å². The molecule has 0 spiro atoms. The summed E-state index contributed by atoms with van der Waals surface area (Å²) >= 11 is 0. The van der Waals surface area contributed by atoms with Crippen LogP contribution in [-0.2, 0) is 0 Å². The first-order valence-electron chi connectivity index (χ1n) is 5.34. The molecular weight excluding hydrogens is 224 g/mol. The molecule has 2 unspecified atom stereocenters. The molecule has 0 radical (unpaired) electrons. The number of halogens is 2. The molecule has 2 atom stereocenters. The molecule has 0 aliphatic rings. The minimum Gasteiger partial charge on any atom is -0.387 e. The van der Waals surface area contributed by atoms with Gasteiger partial charge >= 0.3 is 0 Å². The van der Waals surface area contributed by atoms with Crippen molar-refractivity contribution in [3.05, 3.63) is 35.4 Å². The van der Waals surface area contributed by atoms with Crippen LogP contribution in [0.2, 0.25) is 0 Å². The van der Waals surface area contributed by atoms with Crippen molar-refractivity contribution in [2.45, 2.75) is 25.5 Å². The van der Waals surface area contributed by atoms with E-state index in [-0.39, 0.29) is 18.2 Å². The van der Waals surface area contributed by atoms with Gasteiger partial charge in [0.05, 0.1) is 6.10 Å². The van der Waals surface area contributed by atoms with E-state index in [9.17, 15) is 13.9 Å². The van der Waals surface area contributed by atoms with Gasteiger partial charge in [-0.1, -0.05) is 6.07 Å². The minimum atomic E-state index is -1.02. The van der Waals surface area contributed by atoms with E-state index in [1.807, 2.05) is 6.92 Å². The maximum Gasteiger partial charge on any atom is 0.131 e. The van der Waals surface area contributed by atoms with Crippen molar-refractivity contribution in [3.8, 4) is 12.3 Å². The molecule has 0 saturated carbocycles. The summed E-state index contributed by atoms with van der Waals surface area (Å²) in [5.41, 5.74) is 0.0757. The van der Waals surface area contributed by atoms with Crippen molar-refractivity contribution in [2.75, 3.05) is 6.54 Å². The average molecular weight is 239 g/mol. The summed E-state index contributed by atoms with van der Waals surface area (Å²) in [4.78, 5) is 0. The highest BCUT2D eigenvalue weighted by atomic mass is 19.1. The third-order valence-corrected chi connectivity index (χ3v) is 2.41. The van der Waals surface area contributed by atoms with Gasteiger partial charge in [-0.15, -0.1) is 12.3 Å². The number of hydrogen-bond acceptors (Lipinski definition) is 2. The average Bonchev–Trinajstić information content (AvgIpc) is 2.26. The van der Waals surface area contributed by atoms with Crippen LogP contribution in [0.15, 0.2) is 18.2 Å². The van der Waals surface area contributed by atoms with Crippen LogP contribution in [0.1, 0.15) is 25.0 Å². The van der Waals surface area contributed by atoms with Gasteiger partial charge in [-0.05, 0) is 13.0 Å². The zero-order chi connectivity index (χ0) is 12.8. The molecule has 17 heavy (non-hydrogen) atoms. The Morgan fingerprint density at radius 1 is 1.47 bits per heavy atom. The van der Waals surface area contributed by atoms with Crippen LogP contribution in [0.25, 0.3) is 0 Å². The van der Waals surface area contributed by atoms with Gasteiger partial charge in [-0.25, -0.2) is 8.78 Å². The number of hydrogen-bond donors (Lipinski definition) is 2. The summed E-state index contributed by atoms with van der Waals surface area (Å²) < 4.78 is 26.0. The molecule has 1 aromatic carbocycles. The van der Waals surface area contributed by atoms with Crippen LogP contribution in [0.5, 0.6) is 0 Å². The largest absolute Gasteiger partial charge is 0.387 e. The van der Waals surface area contributed by atoms with Crippen LogP contribution in [0, 0.1) is 24.0 Å². The molecule has 0 heterocycles. The molecule has 2 N–H and O–H groups in total. The summed E-state index contributed by atoms with van der Waals surface area (Å²) in [5.74, 6) is 1.08. The van der Waals surface area contributed by atoms with Gasteiger partial charge < -0.3 is 10.4 Å². The molecule has 1 rings (SSSR count). The van der Waals surface area contributed by atoms with Crippen molar-refractivity contribution in [1.29, 1.82) is 0 Å². The molecule has 0 fully saturated rings. The zero-order valence-electron chi connectivity index (χ0n) is 9.58. The number of terminal acetylenes is 1. The highest BCUT2D eigenvalue weighted by Gasteiger charge is 2.14. The van der Waals surface area contributed by atoms with E-state index >= 15 is 0 Å². The smallest absolute Gasteiger partial charge is 0.131 e. The van der Waals surface area contributed by atoms with Gasteiger partial charge in [0.25, 0.3) is 0 Å². The minimum absolute atomic E-state index is 0.0400. The lowest BCUT2D eigenvalue weighted by Crippen LogP contribution is -2.30. The second-order valence-corrected chi connectivity index (χ2v) is 3.90. The molecule has 0 saturated heterocycles. The number of aliphatic hydroxyl groups excluding tert-OH is 1. The lowest BCUT2D eigenvalue weighted by atomic mass is 10.1. The van der Waals surface area contributed by atoms with Gasteiger partial charge in [0.15, 0.2) is 0 Å². The molecule has 1 aromatic rings. The summed E-state index contributed by atoms with van der Waals surface area (Å²) in [7, 11) is 0. The van der Waals surface area contributed by atoms with E-state index in [4.69, 9.17) is 6.42 Å². The van der Waals surface area contributed by atoms with Gasteiger partial charge in [0, 0.05) is 30.6 Å². The third-order valence-electron chi connectivity index (χ3n) is 2.41. The van der Waals surface area contributed by atoms with E-state index in [0.29, 0.717) is 6.42 Å². The quantitative estimate of drug-likeness (QED) is 0.770. The Kier molecular flexibility index (Phi) is 5.08. The number of aliphatic hydroxyl groups is 1. The maximum atomic E-state index is 13.3. The van der Waals surface area contributed by atoms with Crippen molar-refractivity contribution >= 4 is 0 Å². The number of benzene rings is 1. The lowest BCUT2D eigenvalue weighted by molar-refractivity contribution is 0.166. The van der Waals surface area contributed by atoms with Crippen LogP contribution >= 0.6 is 0 Å². The second-order valence-electron chi connectivity index (χ2n) is 3.90. The molecule has 2 nitrogen and oxygen atoms in total. The first-order chi connectivity index (χ1) is 8.04. The fourth-order valence-corrected chi connectivity index (χ4v) is 1.44. The summed E-state index contributed by atoms with van der Waals surface area (Å²) in [5, 5.41) is 12.7. The van der Waals surface area contributed by atoms with Gasteiger partial charge in [-0.2, -0.15) is 0 Å². The Bertz CT molecular complexity index is 414. The highest BCUT2D eigenvalue weighted by molar-refractivity contribution is 5.21. The molecule has 0 aliphatic heterocycles. The van der Waals surface area contributed by atoms with Crippen LogP contribution < -0.4 is 5.32 Å². The lowest BCUT2D eigenvalue weighted by Gasteiger charge is -2.16. The molecule has 0 amide bonds. The predicted octanol–water partition coefficient (Wildman–Crippen LogP) is 2.00. The molecule has 0 aromatic heterocycles. The number of rotatable bonds is 5. The second kappa shape index (κ2) is 6.33. The first kappa shape index (κ1) is 13.6. The molecule has 0 bridgehead atoms. The summed E-state index contributed by atoms with van der Waals surface area (Å²) in [6.07, 6.45) is 4.64. The third kappa shape index (κ3) is 4.14. The van der Waals surface area contributed by atoms with Crippen molar-refractivity contribution < 1.29 is 13.9 Å². The van der Waals surface area contributed by atoms with Gasteiger partial charge in [-0.3, -0.25) is 0 Å². The predicted molar refractivity (Wildman–Crippen MR) is 62.2 cm³/mol. The van der Waals surface area contributed by atoms with E-state index in [2.05, 4.69) is 11.2 Å². The summed E-state index contributed by atoms with van der Waals surface area (Å²) in [6.45, 7) is 2.04. The standard InChI is InChI=1S/C13H15F2NO/c1-3-4-9(2)16-8-13(17)11-6-5-10(14)7-12(11)15/h1,5-7,9,13,16-17H,4,8H2,2H3. The fourth-order valence-electron chi connectivity index (χ4n) is 1.44. The Balaban J connectivity index is 2.58. The molecule has 0 aliphatic carbocycles. The fraction of sp³-hybridized carbons (Fsp3) is 0.385. The summed E-state index contributed by atoms with van der Waals surface area (Å²) in [6, 6.07) is 3.15. The van der Waals surface area contributed by atoms with Crippen LogP contribution in [0.4, 0.5) is 8.78 Å². The van der Waals surface area contributed by atoms with E-state index in [1.54, 1.807) is 0 Å². The Morgan fingerprint density at radius 3 is 2.76 bits per heavy atom. The van der Waals surface area contributed by atoms with Crippen molar-refractivity contribution in [3.63, 3.8) is 0 Å². The zero-order valence-corrected chi connectivity index (χ0v) is 9.58. The SMILES string of the molecule is C#CCC(C)NCC(O)c1ccc(F)cc1F. The van der Waals surface area contributed by atoms with Crippen molar-refractivity contribution in [2.24, 2.45) is 0 Å². The molecular formula is C13H15F2NO. The van der Waals surface area contributed by atoms with Gasteiger partial charge in [0.2, 0.25) is 0 Å². The Hall–Kier alpha value is -1.44.